The lowest BCUT2D eigenvalue weighted by molar-refractivity contribution is -0.286. The van der Waals surface area contributed by atoms with E-state index in [0.29, 0.717) is 49.9 Å². The molecule has 0 saturated carbocycles. The number of anilines is 1. The number of hydrogen-bond acceptors (Lipinski definition) is 7. The molecule has 5 aromatic rings. The molecule has 4 heterocycles. The number of aryl methyl sites for hydroxylation is 1. The van der Waals surface area contributed by atoms with Crippen molar-refractivity contribution in [2.45, 2.75) is 19.0 Å². The summed E-state index contributed by atoms with van der Waals surface area (Å²) in [6, 6.07) is 18.9. The Morgan fingerprint density at radius 3 is 2.31 bits per heavy atom. The lowest BCUT2D eigenvalue weighted by Crippen LogP contribution is -2.48. The van der Waals surface area contributed by atoms with Crippen LogP contribution in [0.3, 0.4) is 0 Å². The van der Waals surface area contributed by atoms with Crippen LogP contribution in [-0.2, 0) is 19.8 Å². The third kappa shape index (κ3) is 7.76. The molecule has 1 N–H and O–H groups in total. The number of amides is 2. The number of nitrogens with one attached hydrogen (secondary N) is 1. The second-order valence-electron chi connectivity index (χ2n) is 11.8. The number of benzene rings is 3. The summed E-state index contributed by atoms with van der Waals surface area (Å²) >= 11 is 0. The number of carbonyl (C=O) groups is 2. The van der Waals surface area contributed by atoms with Gasteiger partial charge in [-0.2, -0.15) is 13.2 Å². The Labute approximate surface area is 298 Å². The third-order valence-electron chi connectivity index (χ3n) is 8.46. The van der Waals surface area contributed by atoms with Crippen LogP contribution in [0.2, 0.25) is 0 Å². The molecule has 1 fully saturated rings. The van der Waals surface area contributed by atoms with Gasteiger partial charge in [-0.1, -0.05) is 6.07 Å². The van der Waals surface area contributed by atoms with Crippen molar-refractivity contribution in [3.8, 4) is 23.1 Å². The molecule has 0 unspecified atom stereocenters. The Morgan fingerprint density at radius 2 is 1.63 bits per heavy atom. The van der Waals surface area contributed by atoms with E-state index >= 15 is 0 Å². The van der Waals surface area contributed by atoms with Crippen LogP contribution in [0.4, 0.5) is 27.6 Å². The highest BCUT2D eigenvalue weighted by molar-refractivity contribution is 8.93. The molecular weight excluding hydrogens is 745 g/mol. The highest BCUT2D eigenvalue weighted by Gasteiger charge is 2.43. The number of nitrogens with zero attached hydrogens (tertiary/aromatic N) is 4. The van der Waals surface area contributed by atoms with E-state index in [1.165, 1.54) is 18.3 Å². The number of aromatic nitrogens is 2. The Hall–Kier alpha value is -5.22. The standard InChI is InChI=1S/C35H28F5N5O5.BrH/c1-43-27-18-26(48-31-11-8-25(19-41-31)42-32(46)22-3-6-24(7-4-22)34(36,37)38)9-5-23(27)17-28(43)33(47)45-14-12-44(13-15-45)20-21-2-10-29-30(16-21)50-35(39,40)49-29;/h2-11,16-19H,12-15,20H2,1H3,(H,42,46);1H. The second kappa shape index (κ2) is 13.8. The number of fused-ring (bicyclic) bond motifs is 2. The number of hydrogen-bond donors (Lipinski definition) is 1. The van der Waals surface area contributed by atoms with Gasteiger partial charge >= 0.3 is 12.5 Å². The Kier molecular flexibility index (Phi) is 9.65. The average Bonchev–Trinajstić information content (AvgIpc) is 3.59. The maximum absolute atomic E-state index is 13.5. The number of halogens is 6. The first-order valence-corrected chi connectivity index (χ1v) is 15.4. The van der Waals surface area contributed by atoms with Crippen LogP contribution in [0.5, 0.6) is 23.1 Å². The fourth-order valence-electron chi connectivity index (χ4n) is 5.85. The van der Waals surface area contributed by atoms with Gasteiger partial charge in [0.25, 0.3) is 11.8 Å². The van der Waals surface area contributed by atoms with Crippen LogP contribution in [-0.4, -0.2) is 63.6 Å². The zero-order valence-corrected chi connectivity index (χ0v) is 28.5. The number of alkyl halides is 5. The zero-order valence-electron chi connectivity index (χ0n) is 26.7. The summed E-state index contributed by atoms with van der Waals surface area (Å²) in [5.41, 5.74) is 1.60. The van der Waals surface area contributed by atoms with Gasteiger partial charge in [0.15, 0.2) is 11.5 Å². The summed E-state index contributed by atoms with van der Waals surface area (Å²) in [6.07, 6.45) is -6.79. The van der Waals surface area contributed by atoms with Crippen LogP contribution in [0.25, 0.3) is 10.9 Å². The quantitative estimate of drug-likeness (QED) is 0.171. The molecule has 3 aromatic carbocycles. The molecule has 2 aliphatic rings. The molecule has 0 spiro atoms. The Balaban J connectivity index is 0.00000448. The minimum atomic E-state index is -4.49. The molecule has 51 heavy (non-hydrogen) atoms. The van der Waals surface area contributed by atoms with E-state index in [0.717, 1.165) is 40.7 Å². The summed E-state index contributed by atoms with van der Waals surface area (Å²) in [5, 5.41) is 3.43. The molecule has 0 atom stereocenters. The Bertz CT molecular complexity index is 2080. The number of carbonyl (C=O) groups excluding carboxylic acids is 2. The molecule has 266 valence electrons. The van der Waals surface area contributed by atoms with Crippen molar-refractivity contribution < 1.29 is 45.8 Å². The smallest absolute Gasteiger partial charge is 0.439 e. The van der Waals surface area contributed by atoms with Gasteiger partial charge in [-0.25, -0.2) is 4.98 Å². The normalized spacial score (nSPS) is 15.4. The molecule has 1 saturated heterocycles. The summed E-state index contributed by atoms with van der Waals surface area (Å²) in [5.74, 6) is -0.00571. The van der Waals surface area contributed by atoms with Gasteiger partial charge in [0.2, 0.25) is 5.88 Å². The summed E-state index contributed by atoms with van der Waals surface area (Å²) in [4.78, 5) is 34.2. The molecule has 0 aliphatic carbocycles. The first kappa shape index (κ1) is 35.6. The minimum absolute atomic E-state index is 0. The number of rotatable bonds is 7. The first-order valence-electron chi connectivity index (χ1n) is 15.4. The van der Waals surface area contributed by atoms with E-state index in [-0.39, 0.29) is 45.8 Å². The predicted molar refractivity (Wildman–Crippen MR) is 181 cm³/mol. The maximum atomic E-state index is 13.5. The maximum Gasteiger partial charge on any atom is 0.586 e. The van der Waals surface area contributed by atoms with Crippen LogP contribution < -0.4 is 19.5 Å². The molecule has 0 bridgehead atoms. The molecular formula is C35H29BrF5N5O5. The average molecular weight is 775 g/mol. The van der Waals surface area contributed by atoms with Gasteiger partial charge in [0, 0.05) is 62.9 Å². The van der Waals surface area contributed by atoms with E-state index in [9.17, 15) is 31.5 Å². The van der Waals surface area contributed by atoms with Gasteiger partial charge in [-0.3, -0.25) is 14.5 Å². The van der Waals surface area contributed by atoms with Crippen LogP contribution in [0.1, 0.15) is 32.0 Å². The highest BCUT2D eigenvalue weighted by Crippen LogP contribution is 2.41. The molecule has 2 aromatic heterocycles. The first-order chi connectivity index (χ1) is 23.8. The largest absolute Gasteiger partial charge is 0.586 e. The van der Waals surface area contributed by atoms with E-state index in [4.69, 9.17) is 4.74 Å². The van der Waals surface area contributed by atoms with Crippen molar-refractivity contribution >= 4 is 45.4 Å². The fraction of sp³-hybridized carbons (Fsp3) is 0.229. The van der Waals surface area contributed by atoms with E-state index in [1.54, 1.807) is 46.8 Å². The highest BCUT2D eigenvalue weighted by atomic mass is 79.9. The molecule has 2 amide bonds. The lowest BCUT2D eigenvalue weighted by atomic mass is 10.1. The number of ether oxygens (including phenoxy) is 3. The summed E-state index contributed by atoms with van der Waals surface area (Å²) in [6.45, 7) is 2.69. The summed E-state index contributed by atoms with van der Waals surface area (Å²) < 4.78 is 81.9. The van der Waals surface area contributed by atoms with Crippen molar-refractivity contribution in [3.05, 3.63) is 107 Å². The number of pyridine rings is 1. The monoisotopic (exact) mass is 773 g/mol. The SMILES string of the molecule is Br.Cn1c(C(=O)N2CCN(Cc3ccc4c(c3)OC(F)(F)O4)CC2)cc2ccc(Oc3ccc(NC(=O)c4ccc(C(F)(F)F)cc4)cn3)cc21. The van der Waals surface area contributed by atoms with Gasteiger partial charge in [-0.15, -0.1) is 25.8 Å². The van der Waals surface area contributed by atoms with Crippen molar-refractivity contribution in [1.82, 2.24) is 19.4 Å². The Morgan fingerprint density at radius 1 is 0.902 bits per heavy atom. The van der Waals surface area contributed by atoms with Crippen molar-refractivity contribution in [3.63, 3.8) is 0 Å². The molecule has 16 heteroatoms. The van der Waals surface area contributed by atoms with Crippen molar-refractivity contribution in [1.29, 1.82) is 0 Å². The summed E-state index contributed by atoms with van der Waals surface area (Å²) in [7, 11) is 1.80. The van der Waals surface area contributed by atoms with Gasteiger partial charge in [0.1, 0.15) is 11.4 Å². The molecule has 0 radical (unpaired) electrons. The second-order valence-corrected chi connectivity index (χ2v) is 11.8. The van der Waals surface area contributed by atoms with E-state index in [2.05, 4.69) is 24.7 Å². The molecule has 2 aliphatic heterocycles. The third-order valence-corrected chi connectivity index (χ3v) is 8.46. The zero-order chi connectivity index (χ0) is 35.2. The van der Waals surface area contributed by atoms with Gasteiger partial charge < -0.3 is 29.0 Å². The van der Waals surface area contributed by atoms with Gasteiger partial charge in [0.05, 0.1) is 23.0 Å². The van der Waals surface area contributed by atoms with Crippen LogP contribution in [0.15, 0.2) is 85.1 Å². The topological polar surface area (TPSA) is 98.2 Å². The lowest BCUT2D eigenvalue weighted by Gasteiger charge is -2.34. The van der Waals surface area contributed by atoms with Crippen LogP contribution in [0, 0.1) is 0 Å². The molecule has 10 nitrogen and oxygen atoms in total. The van der Waals surface area contributed by atoms with Crippen molar-refractivity contribution in [2.75, 3.05) is 31.5 Å². The van der Waals surface area contributed by atoms with Gasteiger partial charge in [-0.05, 0) is 66.2 Å². The van der Waals surface area contributed by atoms with E-state index in [1.807, 2.05) is 12.1 Å². The number of piperazine rings is 1. The van der Waals surface area contributed by atoms with E-state index < -0.39 is 23.9 Å². The predicted octanol–water partition coefficient (Wildman–Crippen LogP) is 7.49. The minimum Gasteiger partial charge on any atom is -0.439 e. The van der Waals surface area contributed by atoms with Crippen LogP contribution >= 0.6 is 17.0 Å². The molecule has 7 rings (SSSR count). The fourth-order valence-corrected chi connectivity index (χ4v) is 5.85. The van der Waals surface area contributed by atoms with Crippen molar-refractivity contribution in [2.24, 2.45) is 7.05 Å².